The second-order valence-corrected chi connectivity index (χ2v) is 6.81. The predicted octanol–water partition coefficient (Wildman–Crippen LogP) is 5.48. The summed E-state index contributed by atoms with van der Waals surface area (Å²) in [6.07, 6.45) is -4.45. The number of fused-ring (bicyclic) bond motifs is 1. The van der Waals surface area contributed by atoms with E-state index in [0.29, 0.717) is 16.8 Å². The number of aromatic nitrogens is 2. The van der Waals surface area contributed by atoms with E-state index in [9.17, 15) is 22.8 Å². The predicted molar refractivity (Wildman–Crippen MR) is 115 cm³/mol. The van der Waals surface area contributed by atoms with E-state index in [1.54, 1.807) is 42.5 Å². The summed E-state index contributed by atoms with van der Waals surface area (Å²) in [5, 5.41) is 15.2. The third kappa shape index (κ3) is 4.69. The molecule has 4 rings (SSSR count). The van der Waals surface area contributed by atoms with E-state index in [0.717, 1.165) is 29.8 Å². The normalized spacial score (nSPS) is 11.2. The lowest BCUT2D eigenvalue weighted by molar-refractivity contribution is -0.137. The van der Waals surface area contributed by atoms with E-state index in [1.165, 1.54) is 0 Å². The van der Waals surface area contributed by atoms with Gasteiger partial charge in [0.15, 0.2) is 5.69 Å². The fourth-order valence-corrected chi connectivity index (χ4v) is 3.04. The molecule has 4 N–H and O–H groups in total. The molecule has 0 atom stereocenters. The molecule has 3 aromatic carbocycles. The Kier molecular flexibility index (Phi) is 5.50. The van der Waals surface area contributed by atoms with E-state index < -0.39 is 23.7 Å². The smallest absolute Gasteiger partial charge is 0.321 e. The number of carbonyl (C=O) groups is 2. The SMILES string of the molecule is O=C(Nc1ccc(C(F)(F)F)cc1)Nc1cccc(NC(=O)c2n[nH]c3ccccc23)c1. The van der Waals surface area contributed by atoms with Crippen LogP contribution >= 0.6 is 0 Å². The van der Waals surface area contributed by atoms with Gasteiger partial charge in [-0.3, -0.25) is 9.89 Å². The number of anilines is 3. The number of urea groups is 1. The van der Waals surface area contributed by atoms with Gasteiger partial charge in [-0.2, -0.15) is 18.3 Å². The van der Waals surface area contributed by atoms with Crippen LogP contribution in [0.2, 0.25) is 0 Å². The minimum atomic E-state index is -4.45. The Balaban J connectivity index is 1.40. The molecule has 162 valence electrons. The topological polar surface area (TPSA) is 98.9 Å². The van der Waals surface area contributed by atoms with Gasteiger partial charge in [-0.25, -0.2) is 4.79 Å². The fraction of sp³-hybridized carbons (Fsp3) is 0.0455. The van der Waals surface area contributed by atoms with Crippen molar-refractivity contribution in [3.05, 3.63) is 84.1 Å². The van der Waals surface area contributed by atoms with Gasteiger partial charge in [0, 0.05) is 22.4 Å². The number of carbonyl (C=O) groups excluding carboxylic acids is 2. The van der Waals surface area contributed by atoms with Gasteiger partial charge in [-0.15, -0.1) is 0 Å². The molecule has 0 spiro atoms. The molecule has 0 saturated carbocycles. The number of amides is 3. The fourth-order valence-electron chi connectivity index (χ4n) is 3.04. The molecule has 7 nitrogen and oxygen atoms in total. The number of alkyl halides is 3. The lowest BCUT2D eigenvalue weighted by Gasteiger charge is -2.11. The number of para-hydroxylation sites is 1. The zero-order valence-corrected chi connectivity index (χ0v) is 16.3. The average Bonchev–Trinajstić information content (AvgIpc) is 3.18. The van der Waals surface area contributed by atoms with Crippen molar-refractivity contribution in [2.24, 2.45) is 0 Å². The number of rotatable bonds is 4. The van der Waals surface area contributed by atoms with Crippen molar-refractivity contribution < 1.29 is 22.8 Å². The maximum atomic E-state index is 12.6. The van der Waals surface area contributed by atoms with Crippen LogP contribution in [-0.4, -0.2) is 22.1 Å². The highest BCUT2D eigenvalue weighted by molar-refractivity contribution is 6.11. The van der Waals surface area contributed by atoms with Crippen molar-refractivity contribution >= 4 is 39.9 Å². The molecule has 0 unspecified atom stereocenters. The van der Waals surface area contributed by atoms with Gasteiger partial charge in [-0.05, 0) is 48.5 Å². The summed E-state index contributed by atoms with van der Waals surface area (Å²) in [6.45, 7) is 0. The molecule has 3 amide bonds. The van der Waals surface area contributed by atoms with Crippen molar-refractivity contribution in [3.63, 3.8) is 0 Å². The number of hydrogen-bond acceptors (Lipinski definition) is 3. The number of H-pyrrole nitrogens is 1. The number of nitrogens with zero attached hydrogens (tertiary/aromatic N) is 1. The van der Waals surface area contributed by atoms with Crippen LogP contribution < -0.4 is 16.0 Å². The summed E-state index contributed by atoms with van der Waals surface area (Å²) in [7, 11) is 0. The standard InChI is InChI=1S/C22H16F3N5O2/c23-22(24,25)13-8-10-14(11-9-13)27-21(32)28-16-5-3-4-15(12-16)26-20(31)19-17-6-1-2-7-18(17)29-30-19/h1-12H,(H,26,31)(H,29,30)(H2,27,28,32). The third-order valence-corrected chi connectivity index (χ3v) is 4.53. The van der Waals surface area contributed by atoms with Crippen molar-refractivity contribution in [1.82, 2.24) is 10.2 Å². The van der Waals surface area contributed by atoms with Gasteiger partial charge >= 0.3 is 12.2 Å². The number of hydrogen-bond donors (Lipinski definition) is 4. The van der Waals surface area contributed by atoms with Crippen LogP contribution in [0.15, 0.2) is 72.8 Å². The van der Waals surface area contributed by atoms with Gasteiger partial charge in [0.25, 0.3) is 5.91 Å². The maximum Gasteiger partial charge on any atom is 0.416 e. The van der Waals surface area contributed by atoms with Gasteiger partial charge in [0.05, 0.1) is 11.1 Å². The molecular weight excluding hydrogens is 423 g/mol. The lowest BCUT2D eigenvalue weighted by Crippen LogP contribution is -2.20. The number of halogens is 3. The Labute approximate surface area is 179 Å². The Morgan fingerprint density at radius 1 is 0.781 bits per heavy atom. The third-order valence-electron chi connectivity index (χ3n) is 4.53. The molecule has 1 aromatic heterocycles. The molecule has 0 saturated heterocycles. The summed E-state index contributed by atoms with van der Waals surface area (Å²) in [6, 6.07) is 17.1. The maximum absolute atomic E-state index is 12.6. The highest BCUT2D eigenvalue weighted by atomic mass is 19.4. The minimum absolute atomic E-state index is 0.199. The van der Waals surface area contributed by atoms with Crippen LogP contribution in [0, 0.1) is 0 Å². The van der Waals surface area contributed by atoms with Gasteiger partial charge in [0.1, 0.15) is 0 Å². The zero-order valence-electron chi connectivity index (χ0n) is 16.3. The summed E-state index contributed by atoms with van der Waals surface area (Å²) >= 11 is 0. The van der Waals surface area contributed by atoms with Crippen LogP contribution in [0.1, 0.15) is 16.1 Å². The van der Waals surface area contributed by atoms with Crippen molar-refractivity contribution in [1.29, 1.82) is 0 Å². The first kappa shape index (κ1) is 20.9. The van der Waals surface area contributed by atoms with E-state index in [-0.39, 0.29) is 11.4 Å². The Hall–Kier alpha value is -4.34. The molecule has 0 fully saturated rings. The molecule has 1 heterocycles. The number of benzene rings is 3. The Morgan fingerprint density at radius 2 is 1.44 bits per heavy atom. The van der Waals surface area contributed by atoms with Crippen LogP contribution in [0.5, 0.6) is 0 Å². The van der Waals surface area contributed by atoms with Crippen molar-refractivity contribution in [2.45, 2.75) is 6.18 Å². The second kappa shape index (κ2) is 8.42. The van der Waals surface area contributed by atoms with Gasteiger partial charge < -0.3 is 16.0 Å². The summed E-state index contributed by atoms with van der Waals surface area (Å²) in [5.41, 5.74) is 1.16. The molecule has 0 aliphatic heterocycles. The van der Waals surface area contributed by atoms with Crippen LogP contribution in [-0.2, 0) is 6.18 Å². The van der Waals surface area contributed by atoms with E-state index in [1.807, 2.05) is 6.07 Å². The van der Waals surface area contributed by atoms with Gasteiger partial charge in [0.2, 0.25) is 0 Å². The molecule has 4 aromatic rings. The first-order valence-corrected chi connectivity index (χ1v) is 9.39. The molecule has 0 bridgehead atoms. The van der Waals surface area contributed by atoms with Crippen molar-refractivity contribution in [3.8, 4) is 0 Å². The van der Waals surface area contributed by atoms with Crippen molar-refractivity contribution in [2.75, 3.05) is 16.0 Å². The first-order valence-electron chi connectivity index (χ1n) is 9.39. The summed E-state index contributed by atoms with van der Waals surface area (Å²) < 4.78 is 37.9. The first-order chi connectivity index (χ1) is 15.3. The quantitative estimate of drug-likeness (QED) is 0.339. The highest BCUT2D eigenvalue weighted by Gasteiger charge is 2.30. The van der Waals surface area contributed by atoms with E-state index in [4.69, 9.17) is 0 Å². The molecule has 0 radical (unpaired) electrons. The lowest BCUT2D eigenvalue weighted by atomic mass is 10.2. The molecule has 0 aliphatic carbocycles. The van der Waals surface area contributed by atoms with E-state index >= 15 is 0 Å². The summed E-state index contributed by atoms with van der Waals surface area (Å²) in [5.74, 6) is -0.422. The van der Waals surface area contributed by atoms with E-state index in [2.05, 4.69) is 26.1 Å². The number of nitrogens with one attached hydrogen (secondary N) is 4. The van der Waals surface area contributed by atoms with Crippen LogP contribution in [0.3, 0.4) is 0 Å². The molecular formula is C22H16F3N5O2. The Morgan fingerprint density at radius 3 is 2.16 bits per heavy atom. The average molecular weight is 439 g/mol. The van der Waals surface area contributed by atoms with Crippen LogP contribution in [0.4, 0.5) is 35.0 Å². The van der Waals surface area contributed by atoms with Crippen LogP contribution in [0.25, 0.3) is 10.9 Å². The second-order valence-electron chi connectivity index (χ2n) is 6.81. The molecule has 0 aliphatic rings. The highest BCUT2D eigenvalue weighted by Crippen LogP contribution is 2.29. The summed E-state index contributed by atoms with van der Waals surface area (Å²) in [4.78, 5) is 24.8. The Bertz CT molecular complexity index is 1280. The monoisotopic (exact) mass is 439 g/mol. The number of aromatic amines is 1. The minimum Gasteiger partial charge on any atom is -0.321 e. The molecule has 32 heavy (non-hydrogen) atoms. The largest absolute Gasteiger partial charge is 0.416 e. The zero-order chi connectivity index (χ0) is 22.7. The molecule has 10 heteroatoms. The van der Waals surface area contributed by atoms with Gasteiger partial charge in [-0.1, -0.05) is 24.3 Å².